The minimum atomic E-state index is -0.649. The first-order valence-corrected chi connectivity index (χ1v) is 10.6. The van der Waals surface area contributed by atoms with Gasteiger partial charge in [-0.2, -0.15) is 0 Å². The zero-order valence-electron chi connectivity index (χ0n) is 17.5. The highest BCUT2D eigenvalue weighted by atomic mass is 16.2. The lowest BCUT2D eigenvalue weighted by atomic mass is 10.0. The van der Waals surface area contributed by atoms with E-state index >= 15 is 0 Å². The van der Waals surface area contributed by atoms with Gasteiger partial charge in [-0.25, -0.2) is 4.98 Å². The first kappa shape index (κ1) is 20.8. The summed E-state index contributed by atoms with van der Waals surface area (Å²) >= 11 is 0. The van der Waals surface area contributed by atoms with Crippen molar-refractivity contribution in [3.8, 4) is 0 Å². The molecule has 1 fully saturated rings. The zero-order chi connectivity index (χ0) is 21.8. The minimum absolute atomic E-state index is 0.0842. The summed E-state index contributed by atoms with van der Waals surface area (Å²) in [5, 5.41) is 6.35. The van der Waals surface area contributed by atoms with Crippen LogP contribution in [0.3, 0.4) is 0 Å². The van der Waals surface area contributed by atoms with Crippen molar-refractivity contribution in [2.45, 2.75) is 51.2 Å². The lowest BCUT2D eigenvalue weighted by Gasteiger charge is -2.19. The molecule has 1 aliphatic carbocycles. The minimum Gasteiger partial charge on any atom is -0.352 e. The molecule has 1 unspecified atom stereocenters. The highest BCUT2D eigenvalue weighted by Crippen LogP contribution is 2.19. The topological polar surface area (TPSA) is 93.1 Å². The number of hydrogen-bond donors (Lipinski definition) is 2. The highest BCUT2D eigenvalue weighted by Gasteiger charge is 2.28. The third-order valence-corrected chi connectivity index (χ3v) is 5.49. The maximum Gasteiger partial charge on any atom is 0.261 e. The average molecular weight is 418 g/mol. The molecule has 0 spiro atoms. The maximum absolute atomic E-state index is 12.7. The van der Waals surface area contributed by atoms with Crippen LogP contribution in [0.5, 0.6) is 0 Å². The fraction of sp³-hybridized carbons (Fsp3) is 0.333. The van der Waals surface area contributed by atoms with E-state index in [1.807, 2.05) is 49.4 Å². The molecular weight excluding hydrogens is 392 g/mol. The number of aryl methyl sites for hydroxylation is 2. The summed E-state index contributed by atoms with van der Waals surface area (Å²) in [6.45, 7) is 2.11. The molecule has 2 amide bonds. The van der Waals surface area contributed by atoms with Gasteiger partial charge in [0.2, 0.25) is 11.8 Å². The van der Waals surface area contributed by atoms with Crippen LogP contribution in [0.2, 0.25) is 0 Å². The van der Waals surface area contributed by atoms with E-state index in [1.165, 1.54) is 10.9 Å². The van der Waals surface area contributed by atoms with Gasteiger partial charge in [-0.3, -0.25) is 19.0 Å². The maximum atomic E-state index is 12.7. The number of fused-ring (bicyclic) bond motifs is 1. The van der Waals surface area contributed by atoms with E-state index in [0.29, 0.717) is 17.3 Å². The molecule has 1 atom stereocenters. The van der Waals surface area contributed by atoms with Crippen LogP contribution in [-0.4, -0.2) is 33.4 Å². The van der Waals surface area contributed by atoms with E-state index < -0.39 is 6.04 Å². The van der Waals surface area contributed by atoms with Crippen molar-refractivity contribution >= 4 is 22.7 Å². The normalized spacial score (nSPS) is 14.2. The second kappa shape index (κ2) is 9.12. The molecule has 2 aromatic carbocycles. The Bertz CT molecular complexity index is 1150. The van der Waals surface area contributed by atoms with Gasteiger partial charge >= 0.3 is 0 Å². The largest absolute Gasteiger partial charge is 0.352 e. The summed E-state index contributed by atoms with van der Waals surface area (Å²) in [7, 11) is 0. The van der Waals surface area contributed by atoms with Crippen molar-refractivity contribution in [1.82, 2.24) is 20.2 Å². The van der Waals surface area contributed by atoms with Gasteiger partial charge in [0, 0.05) is 25.4 Å². The average Bonchev–Trinajstić information content (AvgIpc) is 3.58. The molecule has 1 aliphatic rings. The van der Waals surface area contributed by atoms with E-state index in [2.05, 4.69) is 15.6 Å². The van der Waals surface area contributed by atoms with Crippen molar-refractivity contribution in [1.29, 1.82) is 0 Å². The van der Waals surface area contributed by atoms with E-state index in [0.717, 1.165) is 24.0 Å². The Morgan fingerprint density at radius 3 is 2.65 bits per heavy atom. The summed E-state index contributed by atoms with van der Waals surface area (Å²) in [5.41, 5.74) is 2.41. The molecule has 1 aromatic heterocycles. The Labute approximate surface area is 180 Å². The summed E-state index contributed by atoms with van der Waals surface area (Å²) in [4.78, 5) is 42.4. The number of carbonyl (C=O) groups excluding carboxylic acids is 2. The molecular formula is C24H26N4O3. The molecule has 160 valence electrons. The summed E-state index contributed by atoms with van der Waals surface area (Å²) in [6, 6.07) is 14.7. The van der Waals surface area contributed by atoms with E-state index in [-0.39, 0.29) is 36.4 Å². The summed E-state index contributed by atoms with van der Waals surface area (Å²) in [5.74, 6) is -0.442. The number of benzene rings is 2. The second-order valence-electron chi connectivity index (χ2n) is 8.06. The Kier molecular flexibility index (Phi) is 6.11. The van der Waals surface area contributed by atoms with Crippen molar-refractivity contribution < 1.29 is 9.59 Å². The van der Waals surface area contributed by atoms with Gasteiger partial charge in [-0.15, -0.1) is 0 Å². The third kappa shape index (κ3) is 5.17. The predicted octanol–water partition coefficient (Wildman–Crippen LogP) is 2.10. The number of nitrogens with zero attached hydrogens (tertiary/aromatic N) is 2. The molecule has 4 rings (SSSR count). The fourth-order valence-corrected chi connectivity index (χ4v) is 3.57. The van der Waals surface area contributed by atoms with Gasteiger partial charge in [0.15, 0.2) is 0 Å². The third-order valence-electron chi connectivity index (χ3n) is 5.49. The smallest absolute Gasteiger partial charge is 0.261 e. The van der Waals surface area contributed by atoms with E-state index in [9.17, 15) is 14.4 Å². The highest BCUT2D eigenvalue weighted by molar-refractivity contribution is 5.88. The molecule has 2 N–H and O–H groups in total. The van der Waals surface area contributed by atoms with Gasteiger partial charge in [-0.1, -0.05) is 42.5 Å². The quantitative estimate of drug-likeness (QED) is 0.586. The van der Waals surface area contributed by atoms with Crippen molar-refractivity contribution in [3.63, 3.8) is 0 Å². The zero-order valence-corrected chi connectivity index (χ0v) is 17.5. The standard InChI is InChI=1S/C24H26N4O3/c1-16-6-5-9-19-22(16)25-15-28(24(19)31)13-12-21(29)27-20(23(30)26-18-10-11-18)14-17-7-3-2-4-8-17/h2-9,15,18,20H,10-14H2,1H3,(H,26,30)(H,27,29). The second-order valence-corrected chi connectivity index (χ2v) is 8.06. The van der Waals surface area contributed by atoms with Crippen LogP contribution in [0.25, 0.3) is 10.9 Å². The molecule has 1 heterocycles. The van der Waals surface area contributed by atoms with Crippen LogP contribution in [0.1, 0.15) is 30.4 Å². The lowest BCUT2D eigenvalue weighted by molar-refractivity contribution is -0.129. The van der Waals surface area contributed by atoms with Gasteiger partial charge < -0.3 is 10.6 Å². The molecule has 0 aliphatic heterocycles. The monoisotopic (exact) mass is 418 g/mol. The van der Waals surface area contributed by atoms with Gasteiger partial charge in [-0.05, 0) is 37.0 Å². The Hall–Kier alpha value is -3.48. The van der Waals surface area contributed by atoms with Crippen molar-refractivity contribution in [3.05, 3.63) is 76.3 Å². The number of hydrogen-bond acceptors (Lipinski definition) is 4. The van der Waals surface area contributed by atoms with Crippen LogP contribution >= 0.6 is 0 Å². The van der Waals surface area contributed by atoms with E-state index in [4.69, 9.17) is 0 Å². The number of amides is 2. The van der Waals surface area contributed by atoms with Gasteiger partial charge in [0.05, 0.1) is 17.2 Å². The van der Waals surface area contributed by atoms with Crippen LogP contribution < -0.4 is 16.2 Å². The molecule has 0 radical (unpaired) electrons. The van der Waals surface area contributed by atoms with Crippen LogP contribution in [0, 0.1) is 6.92 Å². The van der Waals surface area contributed by atoms with Crippen molar-refractivity contribution in [2.75, 3.05) is 0 Å². The molecule has 7 nitrogen and oxygen atoms in total. The Morgan fingerprint density at radius 1 is 1.13 bits per heavy atom. The van der Waals surface area contributed by atoms with Crippen LogP contribution in [0.15, 0.2) is 59.7 Å². The van der Waals surface area contributed by atoms with Crippen molar-refractivity contribution in [2.24, 2.45) is 0 Å². The molecule has 0 bridgehead atoms. The summed E-state index contributed by atoms with van der Waals surface area (Å²) < 4.78 is 1.44. The number of para-hydroxylation sites is 1. The van der Waals surface area contributed by atoms with Gasteiger partial charge in [0.25, 0.3) is 5.56 Å². The number of carbonyl (C=O) groups is 2. The first-order valence-electron chi connectivity index (χ1n) is 10.6. The fourth-order valence-electron chi connectivity index (χ4n) is 3.57. The van der Waals surface area contributed by atoms with E-state index in [1.54, 1.807) is 6.07 Å². The number of nitrogens with one attached hydrogen (secondary N) is 2. The molecule has 1 saturated carbocycles. The number of rotatable bonds is 8. The lowest BCUT2D eigenvalue weighted by Crippen LogP contribution is -2.48. The molecule has 31 heavy (non-hydrogen) atoms. The summed E-state index contributed by atoms with van der Waals surface area (Å²) in [6.07, 6.45) is 3.94. The van der Waals surface area contributed by atoms with Gasteiger partial charge in [0.1, 0.15) is 6.04 Å². The number of aromatic nitrogens is 2. The SMILES string of the molecule is Cc1cccc2c(=O)n(CCC(=O)NC(Cc3ccccc3)C(=O)NC3CC3)cnc12. The van der Waals surface area contributed by atoms with Crippen LogP contribution in [-0.2, 0) is 22.6 Å². The first-order chi connectivity index (χ1) is 15.0. The molecule has 0 saturated heterocycles. The Balaban J connectivity index is 1.42. The predicted molar refractivity (Wildman–Crippen MR) is 119 cm³/mol. The Morgan fingerprint density at radius 2 is 1.90 bits per heavy atom. The molecule has 3 aromatic rings. The molecule has 7 heteroatoms. The van der Waals surface area contributed by atoms with Crippen LogP contribution in [0.4, 0.5) is 0 Å².